The number of methoxy groups -OCH3 is 2. The number of fused-ring (bicyclic) bond motifs is 4. The lowest BCUT2D eigenvalue weighted by atomic mass is 9.45. The summed E-state index contributed by atoms with van der Waals surface area (Å²) in [5, 5.41) is 10.6. The summed E-state index contributed by atoms with van der Waals surface area (Å²) >= 11 is 0. The van der Waals surface area contributed by atoms with Gasteiger partial charge >= 0.3 is 0 Å². The number of rotatable bonds is 7. The fourth-order valence-corrected chi connectivity index (χ4v) is 9.17. The number of ketones is 2. The van der Waals surface area contributed by atoms with Gasteiger partial charge in [-0.3, -0.25) is 24.1 Å². The minimum atomic E-state index is -1.34. The molecule has 0 radical (unpaired) electrons. The number of imide groups is 1. The number of hydrogen-bond donors (Lipinski definition) is 1. The van der Waals surface area contributed by atoms with E-state index in [-0.39, 0.29) is 47.1 Å². The smallest absolute Gasteiger partial charge is 0.238 e. The molecular formula is C44H37NO7. The molecule has 0 spiro atoms. The van der Waals surface area contributed by atoms with Crippen LogP contribution in [0.1, 0.15) is 29.5 Å². The van der Waals surface area contributed by atoms with Crippen LogP contribution in [0.15, 0.2) is 127 Å². The zero-order valence-corrected chi connectivity index (χ0v) is 28.8. The second-order valence-corrected chi connectivity index (χ2v) is 13.8. The summed E-state index contributed by atoms with van der Waals surface area (Å²) in [5.74, 6) is -3.86. The van der Waals surface area contributed by atoms with E-state index in [2.05, 4.69) is 0 Å². The molecule has 1 N–H and O–H groups in total. The van der Waals surface area contributed by atoms with Crippen LogP contribution in [0.3, 0.4) is 0 Å². The van der Waals surface area contributed by atoms with E-state index in [4.69, 9.17) is 9.47 Å². The molecule has 3 aliphatic carbocycles. The van der Waals surface area contributed by atoms with Crippen LogP contribution in [-0.2, 0) is 24.6 Å². The van der Waals surface area contributed by atoms with Crippen molar-refractivity contribution in [3.63, 3.8) is 0 Å². The van der Waals surface area contributed by atoms with E-state index in [1.165, 1.54) is 25.2 Å². The largest absolute Gasteiger partial charge is 0.502 e. The molecule has 1 saturated heterocycles. The van der Waals surface area contributed by atoms with Gasteiger partial charge in [0, 0.05) is 17.4 Å². The number of hydrogen-bond acceptors (Lipinski definition) is 7. The van der Waals surface area contributed by atoms with Crippen LogP contribution in [0.4, 0.5) is 5.69 Å². The van der Waals surface area contributed by atoms with Gasteiger partial charge in [-0.1, -0.05) is 103 Å². The Morgan fingerprint density at radius 1 is 0.788 bits per heavy atom. The number of nitrogens with zero attached hydrogens (tertiary/aromatic N) is 1. The Morgan fingerprint density at radius 2 is 1.40 bits per heavy atom. The number of ether oxygens (including phenoxy) is 2. The van der Waals surface area contributed by atoms with E-state index in [0.29, 0.717) is 34.4 Å². The number of phenols is 1. The summed E-state index contributed by atoms with van der Waals surface area (Å²) in [4.78, 5) is 59.9. The van der Waals surface area contributed by atoms with Crippen LogP contribution in [0.25, 0.3) is 11.6 Å². The minimum absolute atomic E-state index is 0.138. The summed E-state index contributed by atoms with van der Waals surface area (Å²) in [6, 6.07) is 30.9. The zero-order chi connectivity index (χ0) is 36.1. The third kappa shape index (κ3) is 4.96. The zero-order valence-electron chi connectivity index (χ0n) is 28.8. The van der Waals surface area contributed by atoms with Crippen LogP contribution in [0, 0.1) is 29.6 Å². The average molecular weight is 692 g/mol. The predicted octanol–water partition coefficient (Wildman–Crippen LogP) is 6.98. The van der Waals surface area contributed by atoms with Crippen LogP contribution in [0.2, 0.25) is 0 Å². The summed E-state index contributed by atoms with van der Waals surface area (Å²) in [5.41, 5.74) is 2.40. The number of anilines is 1. The number of allylic oxidation sites excluding steroid dienone is 5. The number of para-hydroxylation sites is 1. The van der Waals surface area contributed by atoms with Crippen LogP contribution in [0.5, 0.6) is 17.2 Å². The average Bonchev–Trinajstić information content (AvgIpc) is 3.44. The number of carbonyl (C=O) groups excluding carboxylic acids is 4. The highest BCUT2D eigenvalue weighted by atomic mass is 16.5. The summed E-state index contributed by atoms with van der Waals surface area (Å²) in [6.07, 6.45) is 7.88. The van der Waals surface area contributed by atoms with Crippen LogP contribution in [-0.4, -0.2) is 42.7 Å². The van der Waals surface area contributed by atoms with E-state index in [0.717, 1.165) is 5.57 Å². The van der Waals surface area contributed by atoms with Gasteiger partial charge in [0.1, 0.15) is 0 Å². The van der Waals surface area contributed by atoms with Gasteiger partial charge in [-0.15, -0.1) is 0 Å². The van der Waals surface area contributed by atoms with Gasteiger partial charge in [0.15, 0.2) is 23.1 Å². The number of carbonyl (C=O) groups is 4. The van der Waals surface area contributed by atoms with Crippen molar-refractivity contribution in [3.05, 3.63) is 144 Å². The molecule has 6 unspecified atom stereocenters. The van der Waals surface area contributed by atoms with Gasteiger partial charge in [-0.2, -0.15) is 0 Å². The molecule has 52 heavy (non-hydrogen) atoms. The van der Waals surface area contributed by atoms with Gasteiger partial charge in [0.05, 0.1) is 37.2 Å². The van der Waals surface area contributed by atoms with E-state index in [1.807, 2.05) is 85.0 Å². The first-order chi connectivity index (χ1) is 25.3. The highest BCUT2D eigenvalue weighted by Crippen LogP contribution is 2.61. The van der Waals surface area contributed by atoms with Gasteiger partial charge in [0.25, 0.3) is 0 Å². The van der Waals surface area contributed by atoms with E-state index in [1.54, 1.807) is 36.4 Å². The van der Waals surface area contributed by atoms with Crippen LogP contribution < -0.4 is 14.4 Å². The molecule has 260 valence electrons. The van der Waals surface area contributed by atoms with Crippen molar-refractivity contribution in [2.24, 2.45) is 29.6 Å². The quantitative estimate of drug-likeness (QED) is 0.164. The van der Waals surface area contributed by atoms with E-state index in [9.17, 15) is 14.7 Å². The molecule has 6 atom stereocenters. The molecule has 2 amide bonds. The molecule has 8 nitrogen and oxygen atoms in total. The first kappa shape index (κ1) is 33.1. The molecule has 2 fully saturated rings. The standard InChI is InChI=1S/C44H37NO7/c1-51-36-22-26(23-37(52-2)41(36)48)18-21-34-30-19-20-31-39(43(50)45(42(31)49)29-16-10-5-11-17-29)33(30)24-35-40(47)32(27-12-6-3-7-13-27)25-38(46)44(34,35)28-14-8-4-9-15-28/h3-19,21-23,25,31,33-35,39,48H,20,24H2,1-2H3. The van der Waals surface area contributed by atoms with Gasteiger partial charge in [0.2, 0.25) is 17.6 Å². The third-order valence-corrected chi connectivity index (χ3v) is 11.4. The number of amides is 2. The first-order valence-electron chi connectivity index (χ1n) is 17.5. The summed E-state index contributed by atoms with van der Waals surface area (Å²) < 4.78 is 10.9. The van der Waals surface area contributed by atoms with Crippen molar-refractivity contribution >= 4 is 40.7 Å². The second kappa shape index (κ2) is 12.9. The van der Waals surface area contributed by atoms with Crippen molar-refractivity contribution in [3.8, 4) is 17.2 Å². The monoisotopic (exact) mass is 691 g/mol. The number of benzene rings is 4. The number of aromatic hydroxyl groups is 1. The van der Waals surface area contributed by atoms with Gasteiger partial charge in [-0.05, 0) is 65.8 Å². The Morgan fingerprint density at radius 3 is 2.04 bits per heavy atom. The maximum absolute atomic E-state index is 15.1. The van der Waals surface area contributed by atoms with E-state index >= 15 is 9.59 Å². The molecule has 1 saturated carbocycles. The Bertz CT molecular complexity index is 2160. The van der Waals surface area contributed by atoms with Crippen molar-refractivity contribution in [1.82, 2.24) is 0 Å². The Hall–Kier alpha value is -6.02. The van der Waals surface area contributed by atoms with Crippen molar-refractivity contribution in [1.29, 1.82) is 0 Å². The SMILES string of the molecule is COc1cc(C=CC2C3=CCC4C(=O)N(c5ccccc5)C(=O)C4C3CC3C(=O)C(c4ccccc4)=CC(=O)C23c2ccccc2)cc(OC)c1O. The molecule has 4 aromatic carbocycles. The fourth-order valence-electron chi connectivity index (χ4n) is 9.17. The molecule has 0 aromatic heterocycles. The van der Waals surface area contributed by atoms with Crippen molar-refractivity contribution in [2.45, 2.75) is 18.3 Å². The molecule has 4 aromatic rings. The molecule has 4 aliphatic rings. The summed E-state index contributed by atoms with van der Waals surface area (Å²) in [6.45, 7) is 0. The van der Waals surface area contributed by atoms with Crippen molar-refractivity contribution in [2.75, 3.05) is 19.1 Å². The molecule has 1 aliphatic heterocycles. The Balaban J connectivity index is 1.34. The Labute approximate surface area is 301 Å². The summed E-state index contributed by atoms with van der Waals surface area (Å²) in [7, 11) is 2.90. The molecule has 0 bridgehead atoms. The Kier molecular flexibility index (Phi) is 8.25. The first-order valence-corrected chi connectivity index (χ1v) is 17.5. The van der Waals surface area contributed by atoms with Gasteiger partial charge in [-0.25, -0.2) is 0 Å². The molecule has 1 heterocycles. The maximum atomic E-state index is 15.1. The topological polar surface area (TPSA) is 110 Å². The van der Waals surface area contributed by atoms with Gasteiger partial charge < -0.3 is 14.6 Å². The van der Waals surface area contributed by atoms with Crippen LogP contribution >= 0.6 is 0 Å². The highest BCUT2D eigenvalue weighted by molar-refractivity contribution is 6.31. The number of phenolic OH excluding ortho intramolecular Hbond substituents is 1. The highest BCUT2D eigenvalue weighted by Gasteiger charge is 2.65. The molecular weight excluding hydrogens is 654 g/mol. The number of Topliss-reactive ketones (excluding diaryl/α,β-unsaturated/α-hetero) is 1. The minimum Gasteiger partial charge on any atom is -0.502 e. The lowest BCUT2D eigenvalue weighted by molar-refractivity contribution is -0.135. The fraction of sp³-hybridized carbons (Fsp3) is 0.227. The van der Waals surface area contributed by atoms with E-state index < -0.39 is 35.0 Å². The van der Waals surface area contributed by atoms with Crippen molar-refractivity contribution < 1.29 is 33.8 Å². The normalized spacial score (nSPS) is 26.7. The lowest BCUT2D eigenvalue weighted by Crippen LogP contribution is -2.59. The predicted molar refractivity (Wildman–Crippen MR) is 196 cm³/mol. The molecule has 8 rings (SSSR count). The second-order valence-electron chi connectivity index (χ2n) is 13.8. The molecule has 8 heteroatoms. The third-order valence-electron chi connectivity index (χ3n) is 11.4. The lowest BCUT2D eigenvalue weighted by Gasteiger charge is -2.54. The maximum Gasteiger partial charge on any atom is 0.238 e.